The Balaban J connectivity index is 4.29. The van der Waals surface area contributed by atoms with Crippen LogP contribution < -0.4 is 0 Å². The van der Waals surface area contributed by atoms with E-state index in [9.17, 15) is 14.4 Å². The van der Waals surface area contributed by atoms with E-state index in [1.54, 1.807) is 0 Å². The van der Waals surface area contributed by atoms with E-state index in [0.29, 0.717) is 19.3 Å². The molecule has 0 aromatic heterocycles. The first-order valence-electron chi connectivity index (χ1n) is 30.8. The van der Waals surface area contributed by atoms with Gasteiger partial charge in [-0.1, -0.05) is 311 Å². The van der Waals surface area contributed by atoms with Crippen molar-refractivity contribution in [3.05, 3.63) is 0 Å². The molecule has 0 bridgehead atoms. The molecular weight excluding hydrogens is 841 g/mol. The summed E-state index contributed by atoms with van der Waals surface area (Å²) in [4.78, 5) is 38.2. The van der Waals surface area contributed by atoms with Gasteiger partial charge in [0.1, 0.15) is 13.2 Å². The maximum Gasteiger partial charge on any atom is 0.306 e. The number of hydrogen-bond donors (Lipinski definition) is 0. The normalized spacial score (nSPS) is 12.4. The number of rotatable bonds is 56. The van der Waals surface area contributed by atoms with Gasteiger partial charge in [-0.3, -0.25) is 14.4 Å². The van der Waals surface area contributed by atoms with Gasteiger partial charge in [-0.25, -0.2) is 0 Å². The van der Waals surface area contributed by atoms with Gasteiger partial charge in [0, 0.05) is 19.3 Å². The molecule has 0 fully saturated rings. The fraction of sp³-hybridized carbons (Fsp3) is 0.952. The molecule has 0 aliphatic carbocycles. The van der Waals surface area contributed by atoms with E-state index in [2.05, 4.69) is 34.6 Å². The standard InChI is InChI=1S/C62H120O6/c1-6-8-9-10-11-12-13-14-15-16-17-18-19-23-26-32-37-42-47-52-60(63)66-55-59(56-67-61(64)53-48-43-38-33-29-28-31-36-41-46-51-58(5)7-2)68-62(65)54-49-44-39-34-27-24-21-20-22-25-30-35-40-45-50-57(3)4/h57-59H,6-56H2,1-5H3/t58?,59-/m0/s1. The molecule has 6 nitrogen and oxygen atoms in total. The van der Waals surface area contributed by atoms with Crippen molar-refractivity contribution in [2.45, 2.75) is 355 Å². The number of esters is 3. The van der Waals surface area contributed by atoms with E-state index >= 15 is 0 Å². The van der Waals surface area contributed by atoms with Gasteiger partial charge < -0.3 is 14.2 Å². The number of carbonyl (C=O) groups excluding carboxylic acids is 3. The third-order valence-corrected chi connectivity index (χ3v) is 14.6. The van der Waals surface area contributed by atoms with E-state index < -0.39 is 6.10 Å². The molecule has 0 amide bonds. The van der Waals surface area contributed by atoms with Gasteiger partial charge >= 0.3 is 17.9 Å². The van der Waals surface area contributed by atoms with Crippen LogP contribution >= 0.6 is 0 Å². The lowest BCUT2D eigenvalue weighted by atomic mass is 9.99. The van der Waals surface area contributed by atoms with Crippen LogP contribution in [0.3, 0.4) is 0 Å². The summed E-state index contributed by atoms with van der Waals surface area (Å²) in [5.41, 5.74) is 0. The maximum atomic E-state index is 12.9. The molecule has 0 aliphatic heterocycles. The number of hydrogen-bond acceptors (Lipinski definition) is 6. The zero-order valence-electron chi connectivity index (χ0n) is 46.7. The third kappa shape index (κ3) is 53.8. The van der Waals surface area contributed by atoms with Crippen molar-refractivity contribution in [3.63, 3.8) is 0 Å². The fourth-order valence-electron chi connectivity index (χ4n) is 9.55. The van der Waals surface area contributed by atoms with Crippen molar-refractivity contribution >= 4 is 17.9 Å². The predicted octanol–water partition coefficient (Wildman–Crippen LogP) is 20.4. The average Bonchev–Trinajstić information content (AvgIpc) is 3.32. The lowest BCUT2D eigenvalue weighted by molar-refractivity contribution is -0.167. The molecule has 2 atom stereocenters. The first kappa shape index (κ1) is 66.4. The van der Waals surface area contributed by atoms with E-state index in [1.807, 2.05) is 0 Å². The van der Waals surface area contributed by atoms with Crippen LogP contribution in [0.5, 0.6) is 0 Å². The van der Waals surface area contributed by atoms with Crippen molar-refractivity contribution in [2.75, 3.05) is 13.2 Å². The Hall–Kier alpha value is -1.59. The summed E-state index contributed by atoms with van der Waals surface area (Å²) in [6, 6.07) is 0. The highest BCUT2D eigenvalue weighted by molar-refractivity contribution is 5.71. The highest BCUT2D eigenvalue weighted by atomic mass is 16.6. The number of unbranched alkanes of at least 4 members (excludes halogenated alkanes) is 40. The average molecular weight is 962 g/mol. The highest BCUT2D eigenvalue weighted by Gasteiger charge is 2.19. The monoisotopic (exact) mass is 961 g/mol. The topological polar surface area (TPSA) is 78.9 Å². The Morgan fingerprint density at radius 1 is 0.309 bits per heavy atom. The Bertz CT molecular complexity index is 1040. The van der Waals surface area contributed by atoms with Crippen LogP contribution in [-0.4, -0.2) is 37.2 Å². The highest BCUT2D eigenvalue weighted by Crippen LogP contribution is 2.19. The molecule has 1 unspecified atom stereocenters. The summed E-state index contributed by atoms with van der Waals surface area (Å²) in [5, 5.41) is 0. The van der Waals surface area contributed by atoms with Gasteiger partial charge in [-0.05, 0) is 31.1 Å². The quantitative estimate of drug-likeness (QED) is 0.0343. The Morgan fingerprint density at radius 3 is 0.838 bits per heavy atom. The second-order valence-electron chi connectivity index (χ2n) is 22.1. The molecular formula is C62H120O6. The molecule has 0 spiro atoms. The van der Waals surface area contributed by atoms with Crippen molar-refractivity contribution in [2.24, 2.45) is 11.8 Å². The van der Waals surface area contributed by atoms with Crippen LogP contribution in [0.1, 0.15) is 349 Å². The minimum Gasteiger partial charge on any atom is -0.462 e. The zero-order valence-corrected chi connectivity index (χ0v) is 46.7. The Labute approximate surface area is 425 Å². The van der Waals surface area contributed by atoms with Gasteiger partial charge in [0.15, 0.2) is 6.10 Å². The Kier molecular flexibility index (Phi) is 53.5. The largest absolute Gasteiger partial charge is 0.462 e. The van der Waals surface area contributed by atoms with Gasteiger partial charge in [0.25, 0.3) is 0 Å². The Morgan fingerprint density at radius 2 is 0.559 bits per heavy atom. The molecule has 0 rings (SSSR count). The first-order chi connectivity index (χ1) is 33.3. The van der Waals surface area contributed by atoms with E-state index in [1.165, 1.54) is 238 Å². The van der Waals surface area contributed by atoms with Crippen LogP contribution in [-0.2, 0) is 28.6 Å². The maximum absolute atomic E-state index is 12.9. The molecule has 0 N–H and O–H groups in total. The summed E-state index contributed by atoms with van der Waals surface area (Å²) in [7, 11) is 0. The lowest BCUT2D eigenvalue weighted by Gasteiger charge is -2.18. The predicted molar refractivity (Wildman–Crippen MR) is 293 cm³/mol. The summed E-state index contributed by atoms with van der Waals surface area (Å²) in [6.45, 7) is 11.5. The second-order valence-corrected chi connectivity index (χ2v) is 22.1. The van der Waals surface area contributed by atoms with Crippen LogP contribution in [0.2, 0.25) is 0 Å². The van der Waals surface area contributed by atoms with E-state index in [-0.39, 0.29) is 31.1 Å². The molecule has 0 aromatic rings. The van der Waals surface area contributed by atoms with E-state index in [4.69, 9.17) is 14.2 Å². The van der Waals surface area contributed by atoms with Crippen LogP contribution in [0.25, 0.3) is 0 Å². The number of carbonyl (C=O) groups is 3. The van der Waals surface area contributed by atoms with E-state index in [0.717, 1.165) is 69.6 Å². The third-order valence-electron chi connectivity index (χ3n) is 14.6. The molecule has 0 radical (unpaired) electrons. The second kappa shape index (κ2) is 54.7. The lowest BCUT2D eigenvalue weighted by Crippen LogP contribution is -2.30. The van der Waals surface area contributed by atoms with Crippen molar-refractivity contribution < 1.29 is 28.6 Å². The van der Waals surface area contributed by atoms with Crippen molar-refractivity contribution in [1.82, 2.24) is 0 Å². The summed E-state index contributed by atoms with van der Waals surface area (Å²) < 4.78 is 16.9. The molecule has 404 valence electrons. The molecule has 0 heterocycles. The van der Waals surface area contributed by atoms with Crippen molar-refractivity contribution in [3.8, 4) is 0 Å². The molecule has 68 heavy (non-hydrogen) atoms. The molecule has 6 heteroatoms. The van der Waals surface area contributed by atoms with Crippen LogP contribution in [0, 0.1) is 11.8 Å². The fourth-order valence-corrected chi connectivity index (χ4v) is 9.55. The van der Waals surface area contributed by atoms with Gasteiger partial charge in [-0.2, -0.15) is 0 Å². The SMILES string of the molecule is CCCCCCCCCCCCCCCCCCCCCC(=O)OC[C@@H](COC(=O)CCCCCCCCCCCCC(C)CC)OC(=O)CCCCCCCCCCCCCCCCC(C)C. The molecule has 0 saturated carbocycles. The minimum absolute atomic E-state index is 0.0624. The zero-order chi connectivity index (χ0) is 49.6. The summed E-state index contributed by atoms with van der Waals surface area (Å²) in [6.07, 6.45) is 59.5. The van der Waals surface area contributed by atoms with Crippen LogP contribution in [0.15, 0.2) is 0 Å². The van der Waals surface area contributed by atoms with Gasteiger partial charge in [0.05, 0.1) is 0 Å². The minimum atomic E-state index is -0.763. The molecule has 0 saturated heterocycles. The van der Waals surface area contributed by atoms with Crippen LogP contribution in [0.4, 0.5) is 0 Å². The van der Waals surface area contributed by atoms with Crippen molar-refractivity contribution in [1.29, 1.82) is 0 Å². The summed E-state index contributed by atoms with van der Waals surface area (Å²) >= 11 is 0. The smallest absolute Gasteiger partial charge is 0.306 e. The summed E-state index contributed by atoms with van der Waals surface area (Å²) in [5.74, 6) is 0.877. The first-order valence-corrected chi connectivity index (χ1v) is 30.8. The number of ether oxygens (including phenoxy) is 3. The molecule has 0 aromatic carbocycles. The van der Waals surface area contributed by atoms with Gasteiger partial charge in [-0.15, -0.1) is 0 Å². The van der Waals surface area contributed by atoms with Gasteiger partial charge in [0.2, 0.25) is 0 Å². The molecule has 0 aliphatic rings.